The minimum Gasteiger partial charge on any atom is -0.277 e. The first-order valence-corrected chi connectivity index (χ1v) is 11.3. The molecule has 0 aliphatic carbocycles. The van der Waals surface area contributed by atoms with Crippen molar-refractivity contribution in [3.05, 3.63) is 141 Å². The van der Waals surface area contributed by atoms with E-state index >= 15 is 0 Å². The molecular formula is C29H23Cl2N. The average molecular weight is 456 g/mol. The molecule has 3 heteroatoms. The normalized spacial score (nSPS) is 11.6. The summed E-state index contributed by atoms with van der Waals surface area (Å²) >= 11 is 12.6. The molecule has 1 atom stereocenters. The van der Waals surface area contributed by atoms with Gasteiger partial charge >= 0.3 is 0 Å². The van der Waals surface area contributed by atoms with Crippen LogP contribution in [0.5, 0.6) is 0 Å². The Hall–Kier alpha value is -3.02. The van der Waals surface area contributed by atoms with Crippen LogP contribution < -0.4 is 0 Å². The molecule has 0 heterocycles. The van der Waals surface area contributed by atoms with Crippen LogP contribution in [-0.2, 0) is 13.1 Å². The fraction of sp³-hybridized carbons (Fsp3) is 0.103. The molecule has 0 saturated heterocycles. The molecule has 0 radical (unpaired) electrons. The standard InChI is InChI=1S/C29H23Cl2N/c30-27-18-17-26(20-28(27)31)29(19-16-23-10-4-1-5-11-23)32(21-24-12-6-2-7-13-24)22-25-14-8-3-9-15-25/h1-15,17-18,20,29H,21-22H2. The Bertz CT molecular complexity index is 1150. The zero-order valence-electron chi connectivity index (χ0n) is 17.6. The first-order valence-electron chi connectivity index (χ1n) is 10.5. The van der Waals surface area contributed by atoms with Gasteiger partial charge in [0.1, 0.15) is 0 Å². The topological polar surface area (TPSA) is 3.24 Å². The van der Waals surface area contributed by atoms with Crippen LogP contribution in [-0.4, -0.2) is 4.90 Å². The number of benzene rings is 4. The lowest BCUT2D eigenvalue weighted by Gasteiger charge is -2.29. The highest BCUT2D eigenvalue weighted by atomic mass is 35.5. The molecule has 4 aromatic rings. The van der Waals surface area contributed by atoms with Crippen LogP contribution in [0.1, 0.15) is 28.3 Å². The maximum absolute atomic E-state index is 6.40. The summed E-state index contributed by atoms with van der Waals surface area (Å²) in [5.41, 5.74) is 4.47. The largest absolute Gasteiger partial charge is 0.277 e. The van der Waals surface area contributed by atoms with Crippen LogP contribution >= 0.6 is 23.2 Å². The van der Waals surface area contributed by atoms with Crippen LogP contribution in [0.25, 0.3) is 0 Å². The molecule has 0 N–H and O–H groups in total. The van der Waals surface area contributed by atoms with Gasteiger partial charge < -0.3 is 0 Å². The Balaban J connectivity index is 1.77. The van der Waals surface area contributed by atoms with Crippen molar-refractivity contribution >= 4 is 23.2 Å². The van der Waals surface area contributed by atoms with E-state index in [2.05, 4.69) is 65.3 Å². The highest BCUT2D eigenvalue weighted by Gasteiger charge is 2.20. The van der Waals surface area contributed by atoms with E-state index in [-0.39, 0.29) is 6.04 Å². The molecule has 0 fully saturated rings. The van der Waals surface area contributed by atoms with Gasteiger partial charge in [-0.25, -0.2) is 0 Å². The zero-order valence-corrected chi connectivity index (χ0v) is 19.1. The van der Waals surface area contributed by atoms with Crippen molar-refractivity contribution in [2.75, 3.05) is 0 Å². The third-order valence-electron chi connectivity index (χ3n) is 5.21. The van der Waals surface area contributed by atoms with E-state index in [0.29, 0.717) is 10.0 Å². The number of rotatable bonds is 6. The Morgan fingerprint density at radius 3 is 1.69 bits per heavy atom. The first kappa shape index (κ1) is 22.2. The van der Waals surface area contributed by atoms with Crippen LogP contribution in [0.4, 0.5) is 0 Å². The first-order chi connectivity index (χ1) is 15.7. The van der Waals surface area contributed by atoms with Crippen LogP contribution in [0.2, 0.25) is 10.0 Å². The molecule has 158 valence electrons. The van der Waals surface area contributed by atoms with Crippen molar-refractivity contribution in [2.24, 2.45) is 0 Å². The molecule has 0 saturated carbocycles. The number of hydrogen-bond donors (Lipinski definition) is 0. The number of halogens is 2. The Morgan fingerprint density at radius 1 is 0.625 bits per heavy atom. The summed E-state index contributed by atoms with van der Waals surface area (Å²) < 4.78 is 0. The van der Waals surface area contributed by atoms with E-state index in [1.165, 1.54) is 11.1 Å². The van der Waals surface area contributed by atoms with Gasteiger partial charge in [0, 0.05) is 18.7 Å². The number of nitrogens with zero attached hydrogens (tertiary/aromatic N) is 1. The van der Waals surface area contributed by atoms with Gasteiger partial charge in [0.25, 0.3) is 0 Å². The van der Waals surface area contributed by atoms with E-state index in [0.717, 1.165) is 24.2 Å². The van der Waals surface area contributed by atoms with Crippen molar-refractivity contribution < 1.29 is 0 Å². The van der Waals surface area contributed by atoms with Crippen LogP contribution in [0, 0.1) is 11.8 Å². The molecule has 0 aliphatic rings. The summed E-state index contributed by atoms with van der Waals surface area (Å²) in [6, 6.07) is 36.6. The molecule has 1 unspecified atom stereocenters. The van der Waals surface area contributed by atoms with Gasteiger partial charge in [-0.3, -0.25) is 4.90 Å². The molecule has 0 spiro atoms. The van der Waals surface area contributed by atoms with Crippen LogP contribution in [0.15, 0.2) is 109 Å². The molecule has 0 bridgehead atoms. The zero-order chi connectivity index (χ0) is 22.2. The summed E-state index contributed by atoms with van der Waals surface area (Å²) in [7, 11) is 0. The predicted molar refractivity (Wildman–Crippen MR) is 135 cm³/mol. The lowest BCUT2D eigenvalue weighted by atomic mass is 10.0. The minimum atomic E-state index is -0.162. The maximum Gasteiger partial charge on any atom is 0.0980 e. The lowest BCUT2D eigenvalue weighted by molar-refractivity contribution is 0.219. The SMILES string of the molecule is Clc1ccc(C(C#Cc2ccccc2)N(Cc2ccccc2)Cc2ccccc2)cc1Cl. The summed E-state index contributed by atoms with van der Waals surface area (Å²) in [5, 5.41) is 1.08. The summed E-state index contributed by atoms with van der Waals surface area (Å²) in [4.78, 5) is 2.38. The second-order valence-electron chi connectivity index (χ2n) is 7.59. The molecule has 1 nitrogen and oxygen atoms in total. The van der Waals surface area contributed by atoms with E-state index < -0.39 is 0 Å². The predicted octanol–water partition coefficient (Wildman–Crippen LogP) is 7.79. The van der Waals surface area contributed by atoms with E-state index in [9.17, 15) is 0 Å². The van der Waals surface area contributed by atoms with Gasteiger partial charge in [-0.15, -0.1) is 0 Å². The Labute approximate surface area is 200 Å². The second-order valence-corrected chi connectivity index (χ2v) is 8.40. The van der Waals surface area contributed by atoms with Gasteiger partial charge in [-0.05, 0) is 41.0 Å². The van der Waals surface area contributed by atoms with Crippen molar-refractivity contribution in [3.8, 4) is 11.8 Å². The highest BCUT2D eigenvalue weighted by Crippen LogP contribution is 2.30. The second kappa shape index (κ2) is 11.0. The molecule has 0 amide bonds. The fourth-order valence-corrected chi connectivity index (χ4v) is 3.92. The van der Waals surface area contributed by atoms with Crippen molar-refractivity contribution in [1.82, 2.24) is 4.90 Å². The van der Waals surface area contributed by atoms with Crippen molar-refractivity contribution in [2.45, 2.75) is 19.1 Å². The quantitative estimate of drug-likeness (QED) is 0.268. The smallest absolute Gasteiger partial charge is 0.0980 e. The van der Waals surface area contributed by atoms with Crippen molar-refractivity contribution in [1.29, 1.82) is 0 Å². The van der Waals surface area contributed by atoms with Crippen molar-refractivity contribution in [3.63, 3.8) is 0 Å². The Morgan fingerprint density at radius 2 is 1.16 bits per heavy atom. The summed E-state index contributed by atoms with van der Waals surface area (Å²) in [6.45, 7) is 1.51. The Kier molecular flexibility index (Phi) is 7.64. The molecule has 4 aromatic carbocycles. The maximum atomic E-state index is 6.40. The third kappa shape index (κ3) is 6.02. The summed E-state index contributed by atoms with van der Waals surface area (Å²) in [6.07, 6.45) is 0. The average Bonchev–Trinajstić information content (AvgIpc) is 2.83. The lowest BCUT2D eigenvalue weighted by Crippen LogP contribution is -2.27. The summed E-state index contributed by atoms with van der Waals surface area (Å²) in [5.74, 6) is 6.88. The highest BCUT2D eigenvalue weighted by molar-refractivity contribution is 6.42. The van der Waals surface area contributed by atoms with E-state index in [1.807, 2.05) is 60.7 Å². The number of hydrogen-bond acceptors (Lipinski definition) is 1. The van der Waals surface area contributed by atoms with E-state index in [1.54, 1.807) is 0 Å². The molecule has 0 aromatic heterocycles. The molecule has 32 heavy (non-hydrogen) atoms. The van der Waals surface area contributed by atoms with Gasteiger partial charge in [0.15, 0.2) is 0 Å². The monoisotopic (exact) mass is 455 g/mol. The third-order valence-corrected chi connectivity index (χ3v) is 5.95. The van der Waals surface area contributed by atoms with Gasteiger partial charge in [0.05, 0.1) is 16.1 Å². The van der Waals surface area contributed by atoms with Gasteiger partial charge in [-0.2, -0.15) is 0 Å². The van der Waals surface area contributed by atoms with Gasteiger partial charge in [0.2, 0.25) is 0 Å². The van der Waals surface area contributed by atoms with Gasteiger partial charge in [-0.1, -0.05) is 120 Å². The molecular weight excluding hydrogens is 433 g/mol. The van der Waals surface area contributed by atoms with Crippen LogP contribution in [0.3, 0.4) is 0 Å². The fourth-order valence-electron chi connectivity index (χ4n) is 3.62. The van der Waals surface area contributed by atoms with E-state index in [4.69, 9.17) is 23.2 Å². The molecule has 0 aliphatic heterocycles. The minimum absolute atomic E-state index is 0.162. The molecule has 4 rings (SSSR count).